The summed E-state index contributed by atoms with van der Waals surface area (Å²) in [4.78, 5) is 17.6. The van der Waals surface area contributed by atoms with Gasteiger partial charge in [-0.1, -0.05) is 48.2 Å². The third kappa shape index (κ3) is 3.61. The van der Waals surface area contributed by atoms with Gasteiger partial charge in [-0.25, -0.2) is 9.07 Å². The lowest BCUT2D eigenvalue weighted by Crippen LogP contribution is -2.31. The van der Waals surface area contributed by atoms with Gasteiger partial charge in [0.05, 0.1) is 7.11 Å². The number of ether oxygens (including phenoxy) is 1. The Morgan fingerprint density at radius 3 is 2.84 bits per heavy atom. The Bertz CT molecular complexity index is 1190. The molecule has 2 aliphatic rings. The van der Waals surface area contributed by atoms with E-state index in [4.69, 9.17) is 9.84 Å². The van der Waals surface area contributed by atoms with Crippen LogP contribution in [0.3, 0.4) is 0 Å². The molecular formula is C23H21FN4O2S. The van der Waals surface area contributed by atoms with E-state index >= 15 is 0 Å². The molecule has 1 aromatic heterocycles. The topological polar surface area (TPSA) is 69.0 Å². The Hall–Kier alpha value is -3.13. The van der Waals surface area contributed by atoms with E-state index in [0.29, 0.717) is 34.6 Å². The number of hydrogen-bond acceptors (Lipinski definition) is 6. The lowest BCUT2D eigenvalue weighted by molar-refractivity contribution is -0.116. The van der Waals surface area contributed by atoms with Gasteiger partial charge in [0.1, 0.15) is 17.6 Å². The van der Waals surface area contributed by atoms with Crippen molar-refractivity contribution in [2.24, 2.45) is 0 Å². The molecule has 0 saturated carbocycles. The highest BCUT2D eigenvalue weighted by Crippen LogP contribution is 2.43. The van der Waals surface area contributed by atoms with Gasteiger partial charge in [0.25, 0.3) is 0 Å². The van der Waals surface area contributed by atoms with Crippen molar-refractivity contribution in [1.29, 1.82) is 0 Å². The highest BCUT2D eigenvalue weighted by Gasteiger charge is 2.38. The molecule has 6 nitrogen and oxygen atoms in total. The van der Waals surface area contributed by atoms with Crippen molar-refractivity contribution in [2.45, 2.75) is 36.2 Å². The van der Waals surface area contributed by atoms with Crippen molar-refractivity contribution in [3.05, 3.63) is 76.7 Å². The van der Waals surface area contributed by atoms with Crippen LogP contribution in [0.2, 0.25) is 0 Å². The minimum atomic E-state index is -0.412. The largest absolute Gasteiger partial charge is 0.496 e. The Morgan fingerprint density at radius 1 is 1.19 bits per heavy atom. The Balaban J connectivity index is 1.54. The van der Waals surface area contributed by atoms with Crippen LogP contribution in [0.4, 0.5) is 10.3 Å². The number of Topliss-reactive ketones (excluding diaryl/α,β-unsaturated/α-hetero) is 1. The number of nitrogens with one attached hydrogen (secondary N) is 1. The molecule has 2 aromatic carbocycles. The summed E-state index contributed by atoms with van der Waals surface area (Å²) in [6.45, 7) is 0. The molecule has 3 aromatic rings. The second-order valence-electron chi connectivity index (χ2n) is 7.48. The Labute approximate surface area is 183 Å². The highest BCUT2D eigenvalue weighted by atomic mass is 32.2. The molecule has 0 amide bonds. The molecule has 1 aliphatic carbocycles. The molecule has 158 valence electrons. The van der Waals surface area contributed by atoms with Crippen LogP contribution in [0.5, 0.6) is 5.75 Å². The summed E-state index contributed by atoms with van der Waals surface area (Å²) in [6, 6.07) is 14.0. The number of aromatic nitrogens is 3. The molecule has 1 atom stereocenters. The summed E-state index contributed by atoms with van der Waals surface area (Å²) in [6.07, 6.45) is 2.12. The summed E-state index contributed by atoms with van der Waals surface area (Å²) in [5.74, 6) is 1.57. The van der Waals surface area contributed by atoms with E-state index in [9.17, 15) is 9.18 Å². The van der Waals surface area contributed by atoms with Gasteiger partial charge >= 0.3 is 0 Å². The van der Waals surface area contributed by atoms with E-state index in [1.165, 1.54) is 17.8 Å². The van der Waals surface area contributed by atoms with Gasteiger partial charge < -0.3 is 10.1 Å². The summed E-state index contributed by atoms with van der Waals surface area (Å²) >= 11 is 1.36. The van der Waals surface area contributed by atoms with Crippen LogP contribution in [-0.4, -0.2) is 27.7 Å². The van der Waals surface area contributed by atoms with Crippen molar-refractivity contribution in [1.82, 2.24) is 14.8 Å². The number of fused-ring (bicyclic) bond motifs is 1. The summed E-state index contributed by atoms with van der Waals surface area (Å²) in [5, 5.41) is 8.54. The van der Waals surface area contributed by atoms with Crippen molar-refractivity contribution in [3.8, 4) is 5.75 Å². The molecule has 0 unspecified atom stereocenters. The van der Waals surface area contributed by atoms with E-state index < -0.39 is 6.04 Å². The first-order valence-electron chi connectivity index (χ1n) is 10.1. The fraction of sp³-hybridized carbons (Fsp3) is 0.261. The van der Waals surface area contributed by atoms with Gasteiger partial charge in [0.2, 0.25) is 11.1 Å². The molecule has 0 bridgehead atoms. The number of nitrogens with zero attached hydrogens (tertiary/aromatic N) is 3. The molecule has 0 fully saturated rings. The SMILES string of the molecule is COc1ccccc1[C@@H]1C2=C(CCCC2=O)Nc2nc(SCc3ccccc3F)nn21. The highest BCUT2D eigenvalue weighted by molar-refractivity contribution is 7.98. The van der Waals surface area contributed by atoms with Crippen molar-refractivity contribution < 1.29 is 13.9 Å². The first-order chi connectivity index (χ1) is 15.2. The van der Waals surface area contributed by atoms with E-state index in [2.05, 4.69) is 10.3 Å². The Kier molecular flexibility index (Phi) is 5.23. The third-order valence-corrected chi connectivity index (χ3v) is 6.48. The number of benzene rings is 2. The molecule has 8 heteroatoms. The lowest BCUT2D eigenvalue weighted by atomic mass is 9.85. The quantitative estimate of drug-likeness (QED) is 0.583. The van der Waals surface area contributed by atoms with Gasteiger partial charge in [-0.2, -0.15) is 4.98 Å². The predicted molar refractivity (Wildman–Crippen MR) is 117 cm³/mol. The maximum atomic E-state index is 14.0. The summed E-state index contributed by atoms with van der Waals surface area (Å²) in [5.41, 5.74) is 3.09. The van der Waals surface area contributed by atoms with Gasteiger partial charge in [0, 0.05) is 29.0 Å². The zero-order chi connectivity index (χ0) is 21.4. The number of halogens is 1. The van der Waals surface area contributed by atoms with Crippen LogP contribution in [0.25, 0.3) is 0 Å². The molecule has 2 heterocycles. The number of hydrogen-bond donors (Lipinski definition) is 1. The second-order valence-corrected chi connectivity index (χ2v) is 8.42. The molecule has 5 rings (SSSR count). The predicted octanol–water partition coefficient (Wildman–Crippen LogP) is 4.74. The average Bonchev–Trinajstić information content (AvgIpc) is 3.20. The zero-order valence-corrected chi connectivity index (χ0v) is 17.8. The molecule has 31 heavy (non-hydrogen) atoms. The van der Waals surface area contributed by atoms with Crippen LogP contribution in [-0.2, 0) is 10.5 Å². The first kappa shape index (κ1) is 19.8. The fourth-order valence-corrected chi connectivity index (χ4v) is 4.95. The minimum Gasteiger partial charge on any atom is -0.496 e. The average molecular weight is 437 g/mol. The van der Waals surface area contributed by atoms with Gasteiger partial charge in [-0.3, -0.25) is 4.79 Å². The van der Waals surface area contributed by atoms with E-state index in [-0.39, 0.29) is 11.6 Å². The maximum Gasteiger partial charge on any atom is 0.227 e. The number of allylic oxidation sites excluding steroid dienone is 2. The van der Waals surface area contributed by atoms with E-state index in [1.807, 2.05) is 30.3 Å². The van der Waals surface area contributed by atoms with E-state index in [0.717, 1.165) is 29.7 Å². The fourth-order valence-electron chi connectivity index (χ4n) is 4.14. The molecular weight excluding hydrogens is 415 g/mol. The molecule has 0 saturated heterocycles. The van der Waals surface area contributed by atoms with Crippen LogP contribution in [0.1, 0.15) is 36.4 Å². The molecule has 0 radical (unpaired) electrons. The van der Waals surface area contributed by atoms with Gasteiger partial charge in [-0.15, -0.1) is 5.10 Å². The number of ketones is 1. The molecule has 1 N–H and O–H groups in total. The van der Waals surface area contributed by atoms with Gasteiger partial charge in [-0.05, 0) is 30.5 Å². The lowest BCUT2D eigenvalue weighted by Gasteiger charge is -2.32. The van der Waals surface area contributed by atoms with E-state index in [1.54, 1.807) is 23.9 Å². The number of para-hydroxylation sites is 1. The van der Waals surface area contributed by atoms with Crippen LogP contribution >= 0.6 is 11.8 Å². The van der Waals surface area contributed by atoms with Crippen molar-refractivity contribution in [3.63, 3.8) is 0 Å². The van der Waals surface area contributed by atoms with Crippen molar-refractivity contribution in [2.75, 3.05) is 12.4 Å². The van der Waals surface area contributed by atoms with Crippen LogP contribution < -0.4 is 10.1 Å². The number of rotatable bonds is 5. The monoisotopic (exact) mass is 436 g/mol. The van der Waals surface area contributed by atoms with Gasteiger partial charge in [0.15, 0.2) is 5.78 Å². The number of methoxy groups -OCH3 is 1. The second kappa shape index (κ2) is 8.19. The molecule has 0 spiro atoms. The maximum absolute atomic E-state index is 14.0. The standard InChI is InChI=1S/C23H21FN4O2S/c1-30-19-12-5-3-8-15(19)21-20-17(10-6-11-18(20)29)25-22-26-23(27-28(21)22)31-13-14-7-2-4-9-16(14)24/h2-5,7-9,12,21H,6,10-11,13H2,1H3,(H,25,26,27)/t21-/m1/s1. The number of carbonyl (C=O) groups is 1. The smallest absolute Gasteiger partial charge is 0.227 e. The number of thioether (sulfide) groups is 1. The summed E-state index contributed by atoms with van der Waals surface area (Å²) < 4.78 is 21.3. The molecule has 1 aliphatic heterocycles. The van der Waals surface area contributed by atoms with Crippen LogP contribution in [0.15, 0.2) is 65.0 Å². The van der Waals surface area contributed by atoms with Crippen molar-refractivity contribution >= 4 is 23.5 Å². The number of carbonyl (C=O) groups excluding carboxylic acids is 1. The zero-order valence-electron chi connectivity index (χ0n) is 17.0. The third-order valence-electron chi connectivity index (χ3n) is 5.60. The first-order valence-corrected chi connectivity index (χ1v) is 11.1. The Morgan fingerprint density at radius 2 is 2.00 bits per heavy atom. The number of anilines is 1. The van der Waals surface area contributed by atoms with Crippen LogP contribution in [0, 0.1) is 5.82 Å². The minimum absolute atomic E-state index is 0.117. The normalized spacial score (nSPS) is 17.7. The summed E-state index contributed by atoms with van der Waals surface area (Å²) in [7, 11) is 1.62.